The standard InChI is InChI=1S/C23H19ClN2O4S2/c1-25-18-6-3-2-5-16(18)17(22(25)30-15-10-8-14(24)9-11-15)13-19-21(29)26(23(31)32-19)12-4-7-20(27)28/h2-3,5-6,8-11,13H,4,7,12H2,1H3,(H,27,28). The number of rotatable bonds is 7. The number of thiocarbonyl (C=S) groups is 1. The van der Waals surface area contributed by atoms with E-state index in [0.29, 0.717) is 32.3 Å². The van der Waals surface area contributed by atoms with E-state index in [2.05, 4.69) is 0 Å². The van der Waals surface area contributed by atoms with Crippen LogP contribution in [0.5, 0.6) is 11.6 Å². The van der Waals surface area contributed by atoms with Gasteiger partial charge in [0.05, 0.1) is 10.4 Å². The average molecular weight is 487 g/mol. The van der Waals surface area contributed by atoms with Crippen molar-refractivity contribution in [3.63, 3.8) is 0 Å². The topological polar surface area (TPSA) is 71.8 Å². The van der Waals surface area contributed by atoms with E-state index in [-0.39, 0.29) is 18.9 Å². The molecule has 2 aromatic carbocycles. The summed E-state index contributed by atoms with van der Waals surface area (Å²) in [5.74, 6) is 0.0855. The summed E-state index contributed by atoms with van der Waals surface area (Å²) in [6, 6.07) is 14.9. The smallest absolute Gasteiger partial charge is 0.303 e. The number of halogens is 1. The Morgan fingerprint density at radius 2 is 1.94 bits per heavy atom. The number of hydrogen-bond acceptors (Lipinski definition) is 5. The third-order valence-corrected chi connectivity index (χ3v) is 6.67. The number of amides is 1. The summed E-state index contributed by atoms with van der Waals surface area (Å²) in [7, 11) is 1.90. The number of benzene rings is 2. The van der Waals surface area contributed by atoms with Gasteiger partial charge in [0.1, 0.15) is 10.1 Å². The van der Waals surface area contributed by atoms with Crippen molar-refractivity contribution in [2.75, 3.05) is 6.54 Å². The first kappa shape index (κ1) is 22.4. The SMILES string of the molecule is Cn1c(Oc2ccc(Cl)cc2)c(C=C2SC(=S)N(CCCC(=O)O)C2=O)c2ccccc21. The fraction of sp³-hybridized carbons (Fsp3) is 0.174. The lowest BCUT2D eigenvalue weighted by Crippen LogP contribution is -2.29. The van der Waals surface area contributed by atoms with Crippen LogP contribution in [0.4, 0.5) is 0 Å². The number of ether oxygens (including phenoxy) is 1. The molecule has 0 saturated carbocycles. The van der Waals surface area contributed by atoms with Crippen LogP contribution in [-0.4, -0.2) is 37.3 Å². The van der Waals surface area contributed by atoms with Crippen LogP contribution < -0.4 is 4.74 Å². The van der Waals surface area contributed by atoms with Crippen LogP contribution in [0.15, 0.2) is 53.4 Å². The second-order valence-electron chi connectivity index (χ2n) is 7.18. The number of hydrogen-bond donors (Lipinski definition) is 1. The number of fused-ring (bicyclic) bond motifs is 1. The van der Waals surface area contributed by atoms with Crippen molar-refractivity contribution in [1.82, 2.24) is 9.47 Å². The van der Waals surface area contributed by atoms with Crippen molar-refractivity contribution in [3.8, 4) is 11.6 Å². The summed E-state index contributed by atoms with van der Waals surface area (Å²) in [6.45, 7) is 0.276. The lowest BCUT2D eigenvalue weighted by Gasteiger charge is -2.13. The van der Waals surface area contributed by atoms with Gasteiger partial charge in [0.25, 0.3) is 5.91 Å². The Bertz CT molecular complexity index is 1250. The molecular formula is C23H19ClN2O4S2. The summed E-state index contributed by atoms with van der Waals surface area (Å²) in [5, 5.41) is 10.4. The van der Waals surface area contributed by atoms with Crippen molar-refractivity contribution in [2.24, 2.45) is 7.05 Å². The van der Waals surface area contributed by atoms with Gasteiger partial charge in [-0.05, 0) is 42.8 Å². The predicted octanol–water partition coefficient (Wildman–Crippen LogP) is 5.69. The Morgan fingerprint density at radius 1 is 1.22 bits per heavy atom. The van der Waals surface area contributed by atoms with Gasteiger partial charge in [-0.2, -0.15) is 0 Å². The number of carbonyl (C=O) groups excluding carboxylic acids is 1. The maximum Gasteiger partial charge on any atom is 0.303 e. The van der Waals surface area contributed by atoms with Crippen molar-refractivity contribution in [2.45, 2.75) is 12.8 Å². The second-order valence-corrected chi connectivity index (χ2v) is 9.29. The number of aromatic nitrogens is 1. The first-order valence-corrected chi connectivity index (χ1v) is 11.4. The predicted molar refractivity (Wildman–Crippen MR) is 131 cm³/mol. The zero-order valence-electron chi connectivity index (χ0n) is 17.1. The molecule has 3 aromatic rings. The molecule has 2 heterocycles. The van der Waals surface area contributed by atoms with Crippen molar-refractivity contribution < 1.29 is 19.4 Å². The molecule has 1 amide bonds. The van der Waals surface area contributed by atoms with Crippen molar-refractivity contribution in [1.29, 1.82) is 0 Å². The number of carboxylic acid groups (broad SMARTS) is 1. The second kappa shape index (κ2) is 9.36. The van der Waals surface area contributed by atoms with Gasteiger partial charge in [0.2, 0.25) is 5.88 Å². The van der Waals surface area contributed by atoms with E-state index in [0.717, 1.165) is 16.5 Å². The fourth-order valence-electron chi connectivity index (χ4n) is 3.49. The van der Waals surface area contributed by atoms with Gasteiger partial charge in [-0.15, -0.1) is 0 Å². The zero-order valence-corrected chi connectivity index (χ0v) is 19.5. The van der Waals surface area contributed by atoms with E-state index in [1.54, 1.807) is 30.3 Å². The van der Waals surface area contributed by atoms with E-state index in [1.807, 2.05) is 35.9 Å². The van der Waals surface area contributed by atoms with Gasteiger partial charge in [-0.25, -0.2) is 0 Å². The first-order valence-electron chi connectivity index (χ1n) is 9.83. The van der Waals surface area contributed by atoms with Gasteiger partial charge < -0.3 is 14.4 Å². The van der Waals surface area contributed by atoms with Gasteiger partial charge in [0.15, 0.2) is 0 Å². The largest absolute Gasteiger partial charge is 0.481 e. The third kappa shape index (κ3) is 4.53. The molecule has 1 aliphatic rings. The summed E-state index contributed by atoms with van der Waals surface area (Å²) in [5.41, 5.74) is 1.73. The van der Waals surface area contributed by atoms with E-state index in [1.165, 1.54) is 16.7 Å². The molecule has 0 spiro atoms. The molecule has 4 rings (SSSR count). The molecule has 32 heavy (non-hydrogen) atoms. The van der Waals surface area contributed by atoms with Crippen LogP contribution in [-0.2, 0) is 16.6 Å². The number of carbonyl (C=O) groups is 2. The summed E-state index contributed by atoms with van der Waals surface area (Å²) >= 11 is 12.6. The first-order chi connectivity index (χ1) is 15.3. The Kier molecular flexibility index (Phi) is 6.55. The molecule has 6 nitrogen and oxygen atoms in total. The molecule has 9 heteroatoms. The Hall–Kier alpha value is -2.81. The molecule has 0 atom stereocenters. The lowest BCUT2D eigenvalue weighted by molar-refractivity contribution is -0.137. The molecule has 1 fully saturated rings. The van der Waals surface area contributed by atoms with E-state index < -0.39 is 5.97 Å². The van der Waals surface area contributed by atoms with Crippen LogP contribution in [0.3, 0.4) is 0 Å². The molecule has 1 aromatic heterocycles. The van der Waals surface area contributed by atoms with Crippen LogP contribution in [0.2, 0.25) is 5.02 Å². The molecule has 1 saturated heterocycles. The lowest BCUT2D eigenvalue weighted by atomic mass is 10.1. The maximum atomic E-state index is 13.0. The minimum absolute atomic E-state index is 0.0154. The van der Waals surface area contributed by atoms with E-state index >= 15 is 0 Å². The number of carboxylic acids is 1. The molecule has 0 bridgehead atoms. The highest BCUT2D eigenvalue weighted by Crippen LogP contribution is 2.40. The summed E-state index contributed by atoms with van der Waals surface area (Å²) < 4.78 is 8.56. The van der Waals surface area contributed by atoms with Crippen LogP contribution >= 0.6 is 35.6 Å². The maximum absolute atomic E-state index is 13.0. The molecular weight excluding hydrogens is 468 g/mol. The fourth-order valence-corrected chi connectivity index (χ4v) is 4.90. The quantitative estimate of drug-likeness (QED) is 0.341. The number of aryl methyl sites for hydroxylation is 1. The number of thioether (sulfide) groups is 1. The molecule has 0 aliphatic carbocycles. The Labute approximate surface area is 199 Å². The molecule has 1 aliphatic heterocycles. The van der Waals surface area contributed by atoms with E-state index in [9.17, 15) is 9.59 Å². The normalized spacial score (nSPS) is 15.2. The summed E-state index contributed by atoms with van der Waals surface area (Å²) in [4.78, 5) is 25.7. The number of para-hydroxylation sites is 1. The van der Waals surface area contributed by atoms with Gasteiger partial charge in [-0.1, -0.05) is 53.8 Å². The number of aliphatic carboxylic acids is 1. The molecule has 164 valence electrons. The Balaban J connectivity index is 1.71. The summed E-state index contributed by atoms with van der Waals surface area (Å²) in [6.07, 6.45) is 2.12. The van der Waals surface area contributed by atoms with E-state index in [4.69, 9.17) is 33.7 Å². The highest BCUT2D eigenvalue weighted by atomic mass is 35.5. The van der Waals surface area contributed by atoms with Crippen LogP contribution in [0.1, 0.15) is 18.4 Å². The number of nitrogens with zero attached hydrogens (tertiary/aromatic N) is 2. The zero-order chi connectivity index (χ0) is 22.8. The minimum atomic E-state index is -0.897. The Morgan fingerprint density at radius 3 is 2.66 bits per heavy atom. The van der Waals surface area contributed by atoms with Crippen LogP contribution in [0.25, 0.3) is 17.0 Å². The van der Waals surface area contributed by atoms with Crippen molar-refractivity contribution in [3.05, 3.63) is 64.0 Å². The molecule has 0 unspecified atom stereocenters. The minimum Gasteiger partial charge on any atom is -0.481 e. The monoisotopic (exact) mass is 486 g/mol. The molecule has 0 radical (unpaired) electrons. The van der Waals surface area contributed by atoms with Gasteiger partial charge >= 0.3 is 5.97 Å². The third-order valence-electron chi connectivity index (χ3n) is 5.04. The highest BCUT2D eigenvalue weighted by Gasteiger charge is 2.32. The highest BCUT2D eigenvalue weighted by molar-refractivity contribution is 8.26. The molecule has 1 N–H and O–H groups in total. The van der Waals surface area contributed by atoms with Crippen molar-refractivity contribution >= 4 is 68.8 Å². The average Bonchev–Trinajstić information content (AvgIpc) is 3.18. The van der Waals surface area contributed by atoms with Gasteiger partial charge in [-0.3, -0.25) is 14.5 Å². The van der Waals surface area contributed by atoms with Gasteiger partial charge in [0, 0.05) is 36.0 Å². The van der Waals surface area contributed by atoms with Crippen LogP contribution in [0, 0.1) is 0 Å².